The molecule has 0 unspecified atom stereocenters. The van der Waals surface area contributed by atoms with E-state index in [0.29, 0.717) is 23.1 Å². The van der Waals surface area contributed by atoms with Crippen molar-refractivity contribution >= 4 is 29.1 Å². The van der Waals surface area contributed by atoms with Crippen molar-refractivity contribution < 1.29 is 4.79 Å². The van der Waals surface area contributed by atoms with Gasteiger partial charge >= 0.3 is 0 Å². The number of halogens is 2. The summed E-state index contributed by atoms with van der Waals surface area (Å²) in [6.45, 7) is 6.11. The lowest BCUT2D eigenvalue weighted by atomic mass is 10.1. The van der Waals surface area contributed by atoms with Gasteiger partial charge in [0, 0.05) is 18.7 Å². The quantitative estimate of drug-likeness (QED) is 0.634. The van der Waals surface area contributed by atoms with Crippen molar-refractivity contribution in [1.82, 2.24) is 9.80 Å². The number of benzene rings is 1. The lowest BCUT2D eigenvalue weighted by molar-refractivity contribution is -0.127. The van der Waals surface area contributed by atoms with Crippen LogP contribution < -0.4 is 0 Å². The third-order valence-electron chi connectivity index (χ3n) is 3.53. The molecule has 0 spiro atoms. The van der Waals surface area contributed by atoms with Gasteiger partial charge in [-0.25, -0.2) is 0 Å². The number of hydrogen-bond donors (Lipinski definition) is 0. The third kappa shape index (κ3) is 6.94. The Morgan fingerprint density at radius 1 is 1.17 bits per heavy atom. The van der Waals surface area contributed by atoms with Crippen LogP contribution in [0.5, 0.6) is 0 Å². The van der Waals surface area contributed by atoms with Crippen LogP contribution in [0.25, 0.3) is 0 Å². The Hall–Kier alpha value is -1.03. The van der Waals surface area contributed by atoms with Crippen LogP contribution >= 0.6 is 23.2 Å². The maximum absolute atomic E-state index is 12.7. The molecular weight excluding hydrogens is 331 g/mol. The zero-order valence-corrected chi connectivity index (χ0v) is 15.9. The highest BCUT2D eigenvalue weighted by Gasteiger charge is 2.16. The van der Waals surface area contributed by atoms with E-state index < -0.39 is 0 Å². The molecule has 1 amide bonds. The SMILES string of the molecule is CCC=C(C)C(=O)N(CCCN(C)C)Cc1ccc(Cl)c(Cl)c1. The van der Waals surface area contributed by atoms with Crippen LogP contribution in [0.15, 0.2) is 29.8 Å². The van der Waals surface area contributed by atoms with Crippen molar-refractivity contribution in [1.29, 1.82) is 0 Å². The van der Waals surface area contributed by atoms with Gasteiger partial charge in [0.15, 0.2) is 0 Å². The zero-order chi connectivity index (χ0) is 17.4. The van der Waals surface area contributed by atoms with Crippen molar-refractivity contribution in [2.45, 2.75) is 33.2 Å². The molecule has 0 fully saturated rings. The van der Waals surface area contributed by atoms with Crippen molar-refractivity contribution in [3.8, 4) is 0 Å². The highest BCUT2D eigenvalue weighted by molar-refractivity contribution is 6.42. The molecule has 0 heterocycles. The van der Waals surface area contributed by atoms with E-state index in [1.165, 1.54) is 0 Å². The van der Waals surface area contributed by atoms with Crippen LogP contribution in [0, 0.1) is 0 Å². The molecule has 5 heteroatoms. The number of allylic oxidation sites excluding steroid dienone is 1. The van der Waals surface area contributed by atoms with E-state index >= 15 is 0 Å². The fourth-order valence-electron chi connectivity index (χ4n) is 2.33. The lowest BCUT2D eigenvalue weighted by Crippen LogP contribution is -2.33. The minimum atomic E-state index is 0.0803. The van der Waals surface area contributed by atoms with Crippen LogP contribution in [0.4, 0.5) is 0 Å². The lowest BCUT2D eigenvalue weighted by Gasteiger charge is -2.24. The first-order chi connectivity index (χ1) is 10.8. The molecule has 0 bridgehead atoms. The highest BCUT2D eigenvalue weighted by atomic mass is 35.5. The van der Waals surface area contributed by atoms with Crippen molar-refractivity contribution in [2.24, 2.45) is 0 Å². The second kappa shape index (κ2) is 9.96. The van der Waals surface area contributed by atoms with Gasteiger partial charge in [-0.2, -0.15) is 0 Å². The molecule has 128 valence electrons. The molecule has 1 aromatic rings. The molecule has 0 radical (unpaired) electrons. The predicted molar refractivity (Wildman–Crippen MR) is 99.1 cm³/mol. The summed E-state index contributed by atoms with van der Waals surface area (Å²) in [5.74, 6) is 0.0803. The van der Waals surface area contributed by atoms with Gasteiger partial charge in [-0.05, 0) is 58.1 Å². The van der Waals surface area contributed by atoms with Gasteiger partial charge in [-0.15, -0.1) is 0 Å². The molecule has 0 atom stereocenters. The molecule has 0 aliphatic heterocycles. The van der Waals surface area contributed by atoms with E-state index in [0.717, 1.165) is 30.5 Å². The first-order valence-corrected chi connectivity index (χ1v) is 8.65. The molecule has 1 rings (SSSR count). The fraction of sp³-hybridized carbons (Fsp3) is 0.500. The summed E-state index contributed by atoms with van der Waals surface area (Å²) >= 11 is 12.0. The molecule has 0 aromatic heterocycles. The molecule has 0 saturated heterocycles. The first kappa shape index (κ1) is 20.0. The molecule has 1 aromatic carbocycles. The monoisotopic (exact) mass is 356 g/mol. The van der Waals surface area contributed by atoms with E-state index in [-0.39, 0.29) is 5.91 Å². The minimum Gasteiger partial charge on any atom is -0.335 e. The molecule has 23 heavy (non-hydrogen) atoms. The van der Waals surface area contributed by atoms with Gasteiger partial charge in [0.05, 0.1) is 10.0 Å². The average molecular weight is 357 g/mol. The van der Waals surface area contributed by atoms with Gasteiger partial charge in [-0.1, -0.05) is 42.3 Å². The summed E-state index contributed by atoms with van der Waals surface area (Å²) in [5, 5.41) is 1.05. The van der Waals surface area contributed by atoms with Gasteiger partial charge in [0.25, 0.3) is 0 Å². The summed E-state index contributed by atoms with van der Waals surface area (Å²) in [5.41, 5.74) is 1.78. The molecule has 0 aliphatic rings. The molecular formula is C18H26Cl2N2O. The van der Waals surface area contributed by atoms with E-state index in [9.17, 15) is 4.79 Å². The summed E-state index contributed by atoms with van der Waals surface area (Å²) in [6.07, 6.45) is 3.76. The smallest absolute Gasteiger partial charge is 0.249 e. The van der Waals surface area contributed by atoms with Gasteiger partial charge < -0.3 is 9.80 Å². The Kier molecular flexibility index (Phi) is 8.67. The third-order valence-corrected chi connectivity index (χ3v) is 4.26. The van der Waals surface area contributed by atoms with E-state index in [1.807, 2.05) is 51.1 Å². The minimum absolute atomic E-state index is 0.0803. The molecule has 3 nitrogen and oxygen atoms in total. The summed E-state index contributed by atoms with van der Waals surface area (Å²) in [4.78, 5) is 16.7. The van der Waals surface area contributed by atoms with Crippen LogP contribution in [-0.2, 0) is 11.3 Å². The first-order valence-electron chi connectivity index (χ1n) is 7.89. The Labute approximate surface area is 149 Å². The number of carbonyl (C=O) groups is 1. The Morgan fingerprint density at radius 3 is 2.43 bits per heavy atom. The molecule has 0 N–H and O–H groups in total. The summed E-state index contributed by atoms with van der Waals surface area (Å²) in [7, 11) is 4.07. The van der Waals surface area contributed by atoms with Crippen molar-refractivity contribution in [2.75, 3.05) is 27.2 Å². The Bertz CT molecular complexity index is 556. The number of carbonyl (C=O) groups excluding carboxylic acids is 1. The number of nitrogens with zero attached hydrogens (tertiary/aromatic N) is 2. The zero-order valence-electron chi connectivity index (χ0n) is 14.4. The largest absolute Gasteiger partial charge is 0.335 e. The number of amides is 1. The van der Waals surface area contributed by atoms with Crippen molar-refractivity contribution in [3.63, 3.8) is 0 Å². The Balaban J connectivity index is 2.86. The van der Waals surface area contributed by atoms with Gasteiger partial charge in [0.1, 0.15) is 0 Å². The number of hydrogen-bond acceptors (Lipinski definition) is 2. The molecule has 0 saturated carbocycles. The Morgan fingerprint density at radius 2 is 1.87 bits per heavy atom. The van der Waals surface area contributed by atoms with Crippen LogP contribution in [0.2, 0.25) is 10.0 Å². The predicted octanol–water partition coefficient (Wildman–Crippen LogP) is 4.63. The van der Waals surface area contributed by atoms with E-state index in [1.54, 1.807) is 6.07 Å². The van der Waals surface area contributed by atoms with Crippen LogP contribution in [0.1, 0.15) is 32.3 Å². The average Bonchev–Trinajstić information content (AvgIpc) is 2.49. The normalized spacial score (nSPS) is 11.9. The van der Waals surface area contributed by atoms with Gasteiger partial charge in [0.2, 0.25) is 5.91 Å². The molecule has 0 aliphatic carbocycles. The maximum Gasteiger partial charge on any atom is 0.249 e. The van der Waals surface area contributed by atoms with Crippen molar-refractivity contribution in [3.05, 3.63) is 45.5 Å². The second-order valence-electron chi connectivity index (χ2n) is 5.93. The maximum atomic E-state index is 12.7. The topological polar surface area (TPSA) is 23.6 Å². The second-order valence-corrected chi connectivity index (χ2v) is 6.74. The fourth-order valence-corrected chi connectivity index (χ4v) is 2.65. The van der Waals surface area contributed by atoms with Gasteiger partial charge in [-0.3, -0.25) is 4.79 Å². The number of rotatable bonds is 8. The van der Waals surface area contributed by atoms with E-state index in [4.69, 9.17) is 23.2 Å². The van der Waals surface area contributed by atoms with Crippen LogP contribution in [-0.4, -0.2) is 42.9 Å². The van der Waals surface area contributed by atoms with E-state index in [2.05, 4.69) is 4.90 Å². The highest BCUT2D eigenvalue weighted by Crippen LogP contribution is 2.23. The summed E-state index contributed by atoms with van der Waals surface area (Å²) < 4.78 is 0. The van der Waals surface area contributed by atoms with Crippen LogP contribution in [0.3, 0.4) is 0 Å². The summed E-state index contributed by atoms with van der Waals surface area (Å²) in [6, 6.07) is 5.52. The standard InChI is InChI=1S/C18H26Cl2N2O/c1-5-7-14(2)18(23)22(11-6-10-21(3)4)13-15-8-9-16(19)17(20)12-15/h7-9,12H,5-6,10-11,13H2,1-4H3.